The molecule has 2 aliphatic heterocycles. The number of amides is 1. The summed E-state index contributed by atoms with van der Waals surface area (Å²) in [4.78, 5) is 18.7. The summed E-state index contributed by atoms with van der Waals surface area (Å²) in [7, 11) is 1.05. The molecule has 2 aliphatic rings. The van der Waals surface area contributed by atoms with Gasteiger partial charge in [-0.1, -0.05) is 13.0 Å². The van der Waals surface area contributed by atoms with Crippen LogP contribution in [0.4, 0.5) is 33.5 Å². The maximum Gasteiger partial charge on any atom is 0.417 e. The van der Waals surface area contributed by atoms with E-state index in [0.717, 1.165) is 26.2 Å². The van der Waals surface area contributed by atoms with Crippen LogP contribution in [0.5, 0.6) is 5.75 Å². The number of nitrogens with one attached hydrogen (secondary N) is 2. The molecule has 1 amide bonds. The Morgan fingerprint density at radius 1 is 1.31 bits per heavy atom. The minimum atomic E-state index is -4.87. The maximum atomic E-state index is 14.5. The fourth-order valence-electron chi connectivity index (χ4n) is 4.46. The number of aliphatic hydroxyl groups excluding tert-OH is 1. The third-order valence-electron chi connectivity index (χ3n) is 6.59. The number of ether oxygens (including phenoxy) is 2. The highest BCUT2D eigenvalue weighted by Gasteiger charge is 2.65. The average Bonchev–Trinajstić information content (AvgIpc) is 3.37. The van der Waals surface area contributed by atoms with Crippen LogP contribution >= 0.6 is 0 Å². The van der Waals surface area contributed by atoms with Crippen molar-refractivity contribution in [1.29, 1.82) is 0 Å². The molecular weight excluding hydrogens is 491 g/mol. The first-order valence-corrected chi connectivity index (χ1v) is 10.8. The van der Waals surface area contributed by atoms with Crippen LogP contribution in [0.25, 0.3) is 0 Å². The van der Waals surface area contributed by atoms with Gasteiger partial charge in [0.25, 0.3) is 5.91 Å². The summed E-state index contributed by atoms with van der Waals surface area (Å²) in [5.74, 6) is -6.66. The van der Waals surface area contributed by atoms with Crippen molar-refractivity contribution in [2.75, 3.05) is 17.3 Å². The number of pyridine rings is 1. The zero-order chi connectivity index (χ0) is 26.4. The zero-order valence-corrected chi connectivity index (χ0v) is 19.3. The van der Waals surface area contributed by atoms with Gasteiger partial charge in [-0.15, -0.1) is 0 Å². The van der Waals surface area contributed by atoms with Crippen molar-refractivity contribution < 1.29 is 41.3 Å². The lowest BCUT2D eigenvalue weighted by Gasteiger charge is -2.32. The number of rotatable bonds is 5. The normalized spacial score (nSPS) is 27.8. The van der Waals surface area contributed by atoms with E-state index in [0.29, 0.717) is 0 Å². The number of aliphatic hydroxyl groups is 1. The van der Waals surface area contributed by atoms with Crippen molar-refractivity contribution in [2.24, 2.45) is 5.92 Å². The van der Waals surface area contributed by atoms with Crippen molar-refractivity contribution >= 4 is 17.4 Å². The molecule has 8 nitrogen and oxygen atoms in total. The molecule has 0 spiro atoms. The number of carbonyl (C=O) groups excluding carboxylic acids is 1. The minimum Gasteiger partial charge on any atom is -0.493 e. The third kappa shape index (κ3) is 4.22. The van der Waals surface area contributed by atoms with Crippen LogP contribution in [0.1, 0.15) is 25.3 Å². The highest BCUT2D eigenvalue weighted by molar-refractivity contribution is 5.95. The van der Waals surface area contributed by atoms with Crippen LogP contribution in [0, 0.1) is 17.6 Å². The van der Waals surface area contributed by atoms with Crippen LogP contribution in [-0.2, 0) is 9.53 Å². The lowest BCUT2D eigenvalue weighted by molar-refractivity contribution is -0.272. The van der Waals surface area contributed by atoms with Crippen molar-refractivity contribution in [3.63, 3.8) is 0 Å². The number of hydrogen-bond acceptors (Lipinski definition) is 7. The number of nitrogens with zero attached hydrogens (tertiary/aromatic N) is 2. The SMILES string of the molecule is COc1c([C@H]2[C@H](C(=O)Nc3ccnc(N4C=CNC4O)c3)O[C@@](C)(C(F)(F)F)[C@H]2C)ccc(F)c1F. The molecule has 194 valence electrons. The van der Waals surface area contributed by atoms with Crippen LogP contribution in [-0.4, -0.2) is 47.3 Å². The zero-order valence-electron chi connectivity index (χ0n) is 19.3. The summed E-state index contributed by atoms with van der Waals surface area (Å²) in [5.41, 5.74) is -2.75. The molecule has 1 saturated heterocycles. The lowest BCUT2D eigenvalue weighted by Crippen LogP contribution is -2.47. The second-order valence-corrected chi connectivity index (χ2v) is 8.60. The minimum absolute atomic E-state index is 0.135. The second-order valence-electron chi connectivity index (χ2n) is 8.60. The first kappa shape index (κ1) is 25.6. The van der Waals surface area contributed by atoms with E-state index in [1.54, 1.807) is 0 Å². The maximum absolute atomic E-state index is 14.5. The molecule has 0 saturated carbocycles. The van der Waals surface area contributed by atoms with Gasteiger partial charge in [0.15, 0.2) is 17.2 Å². The predicted molar refractivity (Wildman–Crippen MR) is 118 cm³/mol. The quantitative estimate of drug-likeness (QED) is 0.525. The van der Waals surface area contributed by atoms with Crippen LogP contribution in [0.15, 0.2) is 42.9 Å². The van der Waals surface area contributed by atoms with Crippen molar-refractivity contribution in [3.8, 4) is 5.75 Å². The summed E-state index contributed by atoms with van der Waals surface area (Å²) in [5, 5.41) is 15.1. The van der Waals surface area contributed by atoms with E-state index in [1.807, 2.05) is 0 Å². The van der Waals surface area contributed by atoms with Crippen LogP contribution in [0.2, 0.25) is 0 Å². The van der Waals surface area contributed by atoms with Gasteiger partial charge in [0.05, 0.1) is 7.11 Å². The summed E-state index contributed by atoms with van der Waals surface area (Å²) < 4.78 is 80.8. The molecule has 0 aliphatic carbocycles. The number of carbonyl (C=O) groups is 1. The Labute approximate surface area is 202 Å². The van der Waals surface area contributed by atoms with Crippen LogP contribution in [0.3, 0.4) is 0 Å². The molecule has 1 aromatic carbocycles. The van der Waals surface area contributed by atoms with Gasteiger partial charge >= 0.3 is 6.18 Å². The smallest absolute Gasteiger partial charge is 0.417 e. The highest BCUT2D eigenvalue weighted by atomic mass is 19.4. The highest BCUT2D eigenvalue weighted by Crippen LogP contribution is 2.55. The Morgan fingerprint density at radius 2 is 2.03 bits per heavy atom. The Kier molecular flexibility index (Phi) is 6.56. The van der Waals surface area contributed by atoms with Crippen molar-refractivity contribution in [2.45, 2.75) is 44.0 Å². The number of aromatic nitrogens is 1. The van der Waals surface area contributed by atoms with Crippen LogP contribution < -0.4 is 20.3 Å². The van der Waals surface area contributed by atoms with E-state index < -0.39 is 59.4 Å². The Hall–Kier alpha value is -3.45. The molecule has 3 N–H and O–H groups in total. The van der Waals surface area contributed by atoms with E-state index in [4.69, 9.17) is 9.47 Å². The summed E-state index contributed by atoms with van der Waals surface area (Å²) >= 11 is 0. The first-order chi connectivity index (χ1) is 16.9. The third-order valence-corrected chi connectivity index (χ3v) is 6.59. The topological polar surface area (TPSA) is 96.0 Å². The predicted octanol–water partition coefficient (Wildman–Crippen LogP) is 3.60. The molecular formula is C23H23F5N4O4. The largest absolute Gasteiger partial charge is 0.493 e. The number of alkyl halides is 3. The Morgan fingerprint density at radius 3 is 2.64 bits per heavy atom. The Bertz CT molecular complexity index is 1190. The van der Waals surface area contributed by atoms with Crippen molar-refractivity contribution in [3.05, 3.63) is 60.1 Å². The van der Waals surface area contributed by atoms with Gasteiger partial charge in [0.2, 0.25) is 12.2 Å². The van der Waals surface area contributed by atoms with Gasteiger partial charge < -0.3 is 25.2 Å². The monoisotopic (exact) mass is 514 g/mol. The number of hydrogen-bond donors (Lipinski definition) is 3. The Balaban J connectivity index is 1.71. The summed E-state index contributed by atoms with van der Waals surface area (Å²) in [6.07, 6.45) is -3.40. The molecule has 1 unspecified atom stereocenters. The van der Waals surface area contributed by atoms with Gasteiger partial charge in [0.1, 0.15) is 11.9 Å². The van der Waals surface area contributed by atoms with E-state index in [1.165, 1.54) is 42.6 Å². The van der Waals surface area contributed by atoms with E-state index >= 15 is 0 Å². The van der Waals surface area contributed by atoms with E-state index in [-0.39, 0.29) is 17.1 Å². The fraction of sp³-hybridized carbons (Fsp3) is 0.391. The summed E-state index contributed by atoms with van der Waals surface area (Å²) in [6.45, 7) is 2.04. The lowest BCUT2D eigenvalue weighted by atomic mass is 9.77. The molecule has 1 fully saturated rings. The molecule has 1 aromatic heterocycles. The van der Waals surface area contributed by atoms with Gasteiger partial charge in [-0.2, -0.15) is 17.6 Å². The molecule has 2 aromatic rings. The molecule has 5 atom stereocenters. The van der Waals surface area contributed by atoms with Gasteiger partial charge in [-0.3, -0.25) is 9.69 Å². The fourth-order valence-corrected chi connectivity index (χ4v) is 4.46. The number of methoxy groups -OCH3 is 1. The molecule has 0 bridgehead atoms. The number of halogens is 5. The second kappa shape index (κ2) is 9.21. The van der Waals surface area contributed by atoms with E-state index in [2.05, 4.69) is 15.6 Å². The van der Waals surface area contributed by atoms with Gasteiger partial charge in [0, 0.05) is 47.7 Å². The van der Waals surface area contributed by atoms with Gasteiger partial charge in [-0.05, 0) is 19.1 Å². The van der Waals surface area contributed by atoms with Gasteiger partial charge in [-0.25, -0.2) is 9.37 Å². The van der Waals surface area contributed by atoms with E-state index in [9.17, 15) is 31.9 Å². The molecule has 3 heterocycles. The molecule has 0 radical (unpaired) electrons. The molecule has 4 rings (SSSR count). The standard InChI is InChI=1S/C23H23F5N4O4/c1-11-16(13-4-5-14(24)17(25)18(13)35-3)19(36-22(11,2)23(26,27)28)20(33)31-12-6-7-29-15(10-12)32-9-8-30-21(32)34/h4-11,16,19,21,30,34H,1-3H3,(H,29,31,33)/t11-,16-,19+,21?,22+/m0/s1. The first-order valence-electron chi connectivity index (χ1n) is 10.8. The van der Waals surface area contributed by atoms with Crippen molar-refractivity contribution in [1.82, 2.24) is 10.3 Å². The average molecular weight is 514 g/mol. The number of anilines is 2. The summed E-state index contributed by atoms with van der Waals surface area (Å²) in [6, 6.07) is 4.64. The number of benzene rings is 1. The molecule has 13 heteroatoms. The molecule has 36 heavy (non-hydrogen) atoms.